The van der Waals surface area contributed by atoms with Crippen LogP contribution in [0.15, 0.2) is 30.7 Å². The lowest BCUT2D eigenvalue weighted by atomic mass is 9.94. The molecule has 9 heteroatoms. The number of aromatic nitrogens is 4. The number of hydrogen-bond acceptors (Lipinski definition) is 3. The van der Waals surface area contributed by atoms with Crippen molar-refractivity contribution in [2.45, 2.75) is 13.1 Å². The fourth-order valence-electron chi connectivity index (χ4n) is 3.17. The maximum atomic E-state index is 14.6. The molecule has 26 heavy (non-hydrogen) atoms. The molecule has 0 saturated carbocycles. The van der Waals surface area contributed by atoms with Crippen LogP contribution >= 0.6 is 0 Å². The number of fused-ring (bicyclic) bond motifs is 2. The molecular formula is C17H13F4N5. The monoisotopic (exact) mass is 363 g/mol. The third-order valence-corrected chi connectivity index (χ3v) is 4.36. The van der Waals surface area contributed by atoms with Crippen LogP contribution in [-0.2, 0) is 6.18 Å². The minimum absolute atomic E-state index is 0.0838. The van der Waals surface area contributed by atoms with Crippen LogP contribution in [0.2, 0.25) is 0 Å². The summed E-state index contributed by atoms with van der Waals surface area (Å²) in [5.41, 5.74) is -0.189. The zero-order chi connectivity index (χ0) is 18.6. The minimum atomic E-state index is -4.83. The van der Waals surface area contributed by atoms with Crippen molar-refractivity contribution in [1.82, 2.24) is 19.6 Å². The Morgan fingerprint density at radius 2 is 1.96 bits per heavy atom. The Morgan fingerprint density at radius 1 is 1.19 bits per heavy atom. The number of alkyl halides is 3. The molecule has 134 valence electrons. The highest BCUT2D eigenvalue weighted by atomic mass is 19.4. The number of benzene rings is 1. The summed E-state index contributed by atoms with van der Waals surface area (Å²) < 4.78 is 56.3. The number of hydrogen-bond donors (Lipinski definition) is 2. The molecule has 4 aromatic rings. The zero-order valence-corrected chi connectivity index (χ0v) is 13.7. The highest BCUT2D eigenvalue weighted by Crippen LogP contribution is 2.42. The van der Waals surface area contributed by atoms with Crippen molar-refractivity contribution in [2.24, 2.45) is 0 Å². The standard InChI is InChI=1S/C17H13F4N5/c1-8-13(9-3-4-12-24-11(22-2)7-26(12)6-9)10-5-23-25-16(10)14(15(8)18)17(19,20)21/h3-7,22H,1-2H3,(H,23,25). The molecule has 0 aliphatic carbocycles. The second-order valence-corrected chi connectivity index (χ2v) is 5.90. The summed E-state index contributed by atoms with van der Waals surface area (Å²) in [6.07, 6.45) is -0.108. The SMILES string of the molecule is CNc1cn2cc(-c3c(C)c(F)c(C(F)(F)F)c4[nH]ncc34)ccc2n1. The summed E-state index contributed by atoms with van der Waals surface area (Å²) in [6, 6.07) is 3.42. The van der Waals surface area contributed by atoms with Gasteiger partial charge in [0.05, 0.1) is 17.9 Å². The van der Waals surface area contributed by atoms with Crippen molar-refractivity contribution in [3.8, 4) is 11.1 Å². The van der Waals surface area contributed by atoms with Crippen molar-refractivity contribution in [3.63, 3.8) is 0 Å². The summed E-state index contributed by atoms with van der Waals surface area (Å²) in [6.45, 7) is 1.34. The molecule has 3 heterocycles. The summed E-state index contributed by atoms with van der Waals surface area (Å²) in [5.74, 6) is -0.656. The van der Waals surface area contributed by atoms with Gasteiger partial charge in [0.15, 0.2) is 0 Å². The van der Waals surface area contributed by atoms with Crippen LogP contribution in [-0.4, -0.2) is 26.6 Å². The second-order valence-electron chi connectivity index (χ2n) is 5.90. The van der Waals surface area contributed by atoms with Crippen LogP contribution in [0.25, 0.3) is 27.7 Å². The van der Waals surface area contributed by atoms with E-state index in [9.17, 15) is 17.6 Å². The first-order valence-corrected chi connectivity index (χ1v) is 7.70. The smallest absolute Gasteiger partial charge is 0.372 e. The normalized spacial score (nSPS) is 12.2. The molecule has 0 aliphatic heterocycles. The lowest BCUT2D eigenvalue weighted by Gasteiger charge is -2.15. The molecule has 0 amide bonds. The van der Waals surface area contributed by atoms with Crippen molar-refractivity contribution < 1.29 is 17.6 Å². The van der Waals surface area contributed by atoms with E-state index in [4.69, 9.17) is 0 Å². The molecule has 4 rings (SSSR count). The van der Waals surface area contributed by atoms with E-state index in [1.54, 1.807) is 36.0 Å². The Kier molecular flexibility index (Phi) is 3.43. The predicted molar refractivity (Wildman–Crippen MR) is 89.5 cm³/mol. The van der Waals surface area contributed by atoms with E-state index in [-0.39, 0.29) is 16.5 Å². The largest absolute Gasteiger partial charge is 0.421 e. The maximum Gasteiger partial charge on any atom is 0.421 e. The molecule has 1 aromatic carbocycles. The molecule has 0 spiro atoms. The number of H-pyrrole nitrogens is 1. The van der Waals surface area contributed by atoms with Gasteiger partial charge in [-0.1, -0.05) is 0 Å². The summed E-state index contributed by atoms with van der Waals surface area (Å²) >= 11 is 0. The molecule has 0 radical (unpaired) electrons. The van der Waals surface area contributed by atoms with Crippen LogP contribution < -0.4 is 5.32 Å². The number of pyridine rings is 1. The van der Waals surface area contributed by atoms with E-state index in [2.05, 4.69) is 20.5 Å². The maximum absolute atomic E-state index is 14.6. The van der Waals surface area contributed by atoms with Crippen molar-refractivity contribution >= 4 is 22.4 Å². The first-order valence-electron chi connectivity index (χ1n) is 7.70. The van der Waals surface area contributed by atoms with Gasteiger partial charge in [-0.15, -0.1) is 0 Å². The van der Waals surface area contributed by atoms with Crippen molar-refractivity contribution in [1.29, 1.82) is 0 Å². The fourth-order valence-corrected chi connectivity index (χ4v) is 3.17. The van der Waals surface area contributed by atoms with Crippen LogP contribution in [0.5, 0.6) is 0 Å². The highest BCUT2D eigenvalue weighted by molar-refractivity contribution is 5.98. The first kappa shape index (κ1) is 16.4. The number of rotatable bonds is 2. The van der Waals surface area contributed by atoms with Gasteiger partial charge in [-0.25, -0.2) is 9.37 Å². The summed E-state index contributed by atoms with van der Waals surface area (Å²) in [4.78, 5) is 4.32. The molecule has 5 nitrogen and oxygen atoms in total. The van der Waals surface area contributed by atoms with Gasteiger partial charge in [0.25, 0.3) is 0 Å². The topological polar surface area (TPSA) is 58.0 Å². The zero-order valence-electron chi connectivity index (χ0n) is 13.7. The molecule has 0 bridgehead atoms. The minimum Gasteiger partial charge on any atom is -0.372 e. The molecule has 0 fully saturated rings. The van der Waals surface area contributed by atoms with Gasteiger partial charge in [0, 0.05) is 18.6 Å². The van der Waals surface area contributed by atoms with Gasteiger partial charge in [-0.3, -0.25) is 5.10 Å². The van der Waals surface area contributed by atoms with Crippen LogP contribution in [0.4, 0.5) is 23.4 Å². The average molecular weight is 363 g/mol. The molecule has 2 N–H and O–H groups in total. The number of nitrogens with zero attached hydrogens (tertiary/aromatic N) is 3. The van der Waals surface area contributed by atoms with E-state index < -0.39 is 17.6 Å². The fraction of sp³-hybridized carbons (Fsp3) is 0.176. The molecule has 3 aromatic heterocycles. The number of aromatic amines is 1. The van der Waals surface area contributed by atoms with Crippen LogP contribution in [0.3, 0.4) is 0 Å². The number of halogens is 4. The summed E-state index contributed by atoms with van der Waals surface area (Å²) in [5, 5.41) is 9.11. The lowest BCUT2D eigenvalue weighted by Crippen LogP contribution is -2.11. The quantitative estimate of drug-likeness (QED) is 0.520. The number of nitrogens with one attached hydrogen (secondary N) is 2. The third kappa shape index (κ3) is 2.31. The van der Waals surface area contributed by atoms with E-state index in [1.165, 1.54) is 13.1 Å². The Morgan fingerprint density at radius 3 is 2.65 bits per heavy atom. The Hall–Kier alpha value is -3.10. The van der Waals surface area contributed by atoms with Crippen molar-refractivity contribution in [3.05, 3.63) is 47.7 Å². The van der Waals surface area contributed by atoms with Crippen LogP contribution in [0, 0.1) is 12.7 Å². The Labute approximate surface area is 144 Å². The van der Waals surface area contributed by atoms with E-state index in [0.717, 1.165) is 0 Å². The second kappa shape index (κ2) is 5.45. The molecule has 0 atom stereocenters. The highest BCUT2D eigenvalue weighted by Gasteiger charge is 2.39. The predicted octanol–water partition coefficient (Wildman–Crippen LogP) is 4.39. The van der Waals surface area contributed by atoms with Gasteiger partial charge in [-0.2, -0.15) is 18.3 Å². The lowest BCUT2D eigenvalue weighted by molar-refractivity contribution is -0.138. The van der Waals surface area contributed by atoms with E-state index in [1.807, 2.05) is 0 Å². The van der Waals surface area contributed by atoms with Gasteiger partial charge < -0.3 is 9.72 Å². The van der Waals surface area contributed by atoms with Gasteiger partial charge in [0.1, 0.15) is 22.8 Å². The first-order chi connectivity index (χ1) is 12.3. The summed E-state index contributed by atoms with van der Waals surface area (Å²) in [7, 11) is 1.73. The van der Waals surface area contributed by atoms with E-state index in [0.29, 0.717) is 22.6 Å². The van der Waals surface area contributed by atoms with Gasteiger partial charge in [0.2, 0.25) is 0 Å². The van der Waals surface area contributed by atoms with Crippen LogP contribution in [0.1, 0.15) is 11.1 Å². The average Bonchev–Trinajstić information content (AvgIpc) is 3.20. The number of imidazole rings is 1. The van der Waals surface area contributed by atoms with Gasteiger partial charge in [-0.05, 0) is 35.7 Å². The Bertz CT molecular complexity index is 1140. The van der Waals surface area contributed by atoms with Crippen molar-refractivity contribution in [2.75, 3.05) is 12.4 Å². The molecule has 0 saturated heterocycles. The third-order valence-electron chi connectivity index (χ3n) is 4.36. The van der Waals surface area contributed by atoms with E-state index >= 15 is 0 Å². The molecule has 0 aliphatic rings. The molecule has 0 unspecified atom stereocenters. The van der Waals surface area contributed by atoms with Gasteiger partial charge >= 0.3 is 6.18 Å². The molecular weight excluding hydrogens is 350 g/mol. The Balaban J connectivity index is 2.03. The number of anilines is 1.